The molecule has 0 radical (unpaired) electrons. The highest BCUT2D eigenvalue weighted by molar-refractivity contribution is 7.87. The zero-order chi connectivity index (χ0) is 27.8. The molecule has 2 aromatic rings. The number of hydrogen-bond acceptors (Lipinski definition) is 6. The predicted molar refractivity (Wildman–Crippen MR) is 148 cm³/mol. The molecule has 0 aliphatic heterocycles. The third-order valence-electron chi connectivity index (χ3n) is 5.72. The third kappa shape index (κ3) is 9.07. The van der Waals surface area contributed by atoms with Gasteiger partial charge in [-0.3, -0.25) is 9.59 Å². The second-order valence-corrected chi connectivity index (χ2v) is 11.5. The molecule has 0 bridgehead atoms. The molecule has 204 valence electrons. The number of benzene rings is 2. The molecule has 0 aliphatic carbocycles. The highest BCUT2D eigenvalue weighted by Crippen LogP contribution is 2.30. The number of amides is 2. The quantitative estimate of drug-likeness (QED) is 0.353. The van der Waals surface area contributed by atoms with Crippen molar-refractivity contribution < 1.29 is 22.2 Å². The van der Waals surface area contributed by atoms with Gasteiger partial charge in [0.1, 0.15) is 10.6 Å². The van der Waals surface area contributed by atoms with Crippen LogP contribution >= 0.6 is 0 Å². The first-order valence-electron chi connectivity index (χ1n) is 12.8. The third-order valence-corrected chi connectivity index (χ3v) is 6.97. The Hall–Kier alpha value is -3.07. The summed E-state index contributed by atoms with van der Waals surface area (Å²) in [6.07, 6.45) is 0.416. The standard InChI is InChI=1S/C28H41N3O5S/c1-8-30(9-2)25-13-10-23(19-31(18-21(5)6)28(33)16-20(3)4)27(17-25)36-37(34,35)26-14-11-24(12-15-26)29-22(7)32/h10-15,17,20-21H,8-9,16,18-19H2,1-7H3,(H,29,32). The molecule has 0 aliphatic rings. The number of hydrogen-bond donors (Lipinski definition) is 1. The fourth-order valence-electron chi connectivity index (χ4n) is 3.99. The Morgan fingerprint density at radius 2 is 1.57 bits per heavy atom. The Morgan fingerprint density at radius 3 is 2.08 bits per heavy atom. The van der Waals surface area contributed by atoms with Crippen LogP contribution in [-0.2, 0) is 26.3 Å². The average molecular weight is 532 g/mol. The van der Waals surface area contributed by atoms with Crippen molar-refractivity contribution in [2.45, 2.75) is 66.3 Å². The van der Waals surface area contributed by atoms with Crippen LogP contribution in [0.4, 0.5) is 11.4 Å². The molecule has 0 heterocycles. The van der Waals surface area contributed by atoms with Gasteiger partial charge in [0.25, 0.3) is 0 Å². The van der Waals surface area contributed by atoms with Gasteiger partial charge in [0.2, 0.25) is 11.8 Å². The van der Waals surface area contributed by atoms with E-state index in [1.807, 2.05) is 53.7 Å². The van der Waals surface area contributed by atoms with Gasteiger partial charge < -0.3 is 19.3 Å². The van der Waals surface area contributed by atoms with Crippen LogP contribution in [0.2, 0.25) is 0 Å². The Morgan fingerprint density at radius 1 is 0.946 bits per heavy atom. The summed E-state index contributed by atoms with van der Waals surface area (Å²) in [6, 6.07) is 11.3. The van der Waals surface area contributed by atoms with Crippen molar-refractivity contribution >= 4 is 33.3 Å². The van der Waals surface area contributed by atoms with E-state index in [4.69, 9.17) is 4.18 Å². The number of nitrogens with one attached hydrogen (secondary N) is 1. The molecule has 0 saturated carbocycles. The Bertz CT molecular complexity index is 1160. The maximum atomic E-state index is 13.2. The number of anilines is 2. The van der Waals surface area contributed by atoms with Gasteiger partial charge >= 0.3 is 10.1 Å². The van der Waals surface area contributed by atoms with Crippen LogP contribution in [0.25, 0.3) is 0 Å². The lowest BCUT2D eigenvalue weighted by Gasteiger charge is -2.27. The number of carbonyl (C=O) groups is 2. The van der Waals surface area contributed by atoms with Crippen LogP contribution in [0, 0.1) is 11.8 Å². The largest absolute Gasteiger partial charge is 0.379 e. The van der Waals surface area contributed by atoms with Crippen LogP contribution in [0.3, 0.4) is 0 Å². The Labute approximate surface area is 222 Å². The molecule has 0 spiro atoms. The van der Waals surface area contributed by atoms with Gasteiger partial charge in [0.05, 0.1) is 0 Å². The second-order valence-electron chi connectivity index (χ2n) is 9.97. The van der Waals surface area contributed by atoms with Gasteiger partial charge in [-0.2, -0.15) is 8.42 Å². The van der Waals surface area contributed by atoms with Gasteiger partial charge in [0.15, 0.2) is 0 Å². The van der Waals surface area contributed by atoms with E-state index in [9.17, 15) is 18.0 Å². The highest BCUT2D eigenvalue weighted by Gasteiger charge is 2.23. The summed E-state index contributed by atoms with van der Waals surface area (Å²) in [5, 5.41) is 2.62. The van der Waals surface area contributed by atoms with E-state index in [0.717, 1.165) is 18.8 Å². The SMILES string of the molecule is CCN(CC)c1ccc(CN(CC(C)C)C(=O)CC(C)C)c(OS(=O)(=O)c2ccc(NC(C)=O)cc2)c1. The molecular weight excluding hydrogens is 490 g/mol. The lowest BCUT2D eigenvalue weighted by molar-refractivity contribution is -0.133. The van der Waals surface area contributed by atoms with Crippen molar-refractivity contribution in [3.63, 3.8) is 0 Å². The molecular formula is C28H41N3O5S. The normalized spacial score (nSPS) is 11.5. The summed E-state index contributed by atoms with van der Waals surface area (Å²) in [6.45, 7) is 15.8. The molecule has 0 saturated heterocycles. The van der Waals surface area contributed by atoms with E-state index in [1.54, 1.807) is 11.0 Å². The minimum Gasteiger partial charge on any atom is -0.379 e. The molecule has 0 aromatic heterocycles. The van der Waals surface area contributed by atoms with Crippen LogP contribution in [-0.4, -0.2) is 44.8 Å². The predicted octanol–water partition coefficient (Wildman–Crippen LogP) is 5.29. The topological polar surface area (TPSA) is 96.0 Å². The van der Waals surface area contributed by atoms with E-state index in [-0.39, 0.29) is 40.8 Å². The summed E-state index contributed by atoms with van der Waals surface area (Å²) in [5.41, 5.74) is 1.94. The second kappa shape index (κ2) is 13.5. The summed E-state index contributed by atoms with van der Waals surface area (Å²) in [5.74, 6) is 0.438. The molecule has 0 atom stereocenters. The van der Waals surface area contributed by atoms with E-state index in [2.05, 4.69) is 10.2 Å². The molecule has 2 amide bonds. The van der Waals surface area contributed by atoms with Gasteiger partial charge in [0, 0.05) is 62.5 Å². The van der Waals surface area contributed by atoms with E-state index >= 15 is 0 Å². The van der Waals surface area contributed by atoms with Crippen LogP contribution in [0.1, 0.15) is 60.5 Å². The van der Waals surface area contributed by atoms with E-state index in [1.165, 1.54) is 31.2 Å². The molecule has 2 rings (SSSR count). The zero-order valence-corrected chi connectivity index (χ0v) is 23.9. The minimum atomic E-state index is -4.17. The van der Waals surface area contributed by atoms with Crippen LogP contribution < -0.4 is 14.4 Å². The first-order valence-corrected chi connectivity index (χ1v) is 14.2. The summed E-state index contributed by atoms with van der Waals surface area (Å²) < 4.78 is 32.2. The first kappa shape index (κ1) is 30.2. The summed E-state index contributed by atoms with van der Waals surface area (Å²) in [4.78, 5) is 28.1. The van der Waals surface area contributed by atoms with Crippen molar-refractivity contribution in [3.05, 3.63) is 48.0 Å². The van der Waals surface area contributed by atoms with Gasteiger partial charge in [-0.25, -0.2) is 0 Å². The van der Waals surface area contributed by atoms with E-state index < -0.39 is 10.1 Å². The Balaban J connectivity index is 2.47. The molecule has 1 N–H and O–H groups in total. The monoisotopic (exact) mass is 531 g/mol. The maximum absolute atomic E-state index is 13.2. The molecule has 8 nitrogen and oxygen atoms in total. The van der Waals surface area contributed by atoms with Crippen molar-refractivity contribution in [1.82, 2.24) is 4.90 Å². The summed E-state index contributed by atoms with van der Waals surface area (Å²) in [7, 11) is -4.17. The van der Waals surface area contributed by atoms with Gasteiger partial charge in [-0.15, -0.1) is 0 Å². The fraction of sp³-hybridized carbons (Fsp3) is 0.500. The first-order chi connectivity index (χ1) is 17.4. The molecule has 37 heavy (non-hydrogen) atoms. The van der Waals surface area contributed by atoms with Crippen molar-refractivity contribution in [1.29, 1.82) is 0 Å². The minimum absolute atomic E-state index is 0.0267. The van der Waals surface area contributed by atoms with Crippen LogP contribution in [0.15, 0.2) is 47.4 Å². The number of nitrogens with zero attached hydrogens (tertiary/aromatic N) is 2. The molecule has 9 heteroatoms. The lowest BCUT2D eigenvalue weighted by atomic mass is 10.1. The molecule has 0 unspecified atom stereocenters. The average Bonchev–Trinajstić information content (AvgIpc) is 2.80. The zero-order valence-electron chi connectivity index (χ0n) is 23.1. The number of rotatable bonds is 13. The molecule has 2 aromatic carbocycles. The fourth-order valence-corrected chi connectivity index (χ4v) is 4.95. The Kier molecular flexibility index (Phi) is 11.0. The summed E-state index contributed by atoms with van der Waals surface area (Å²) >= 11 is 0. The number of carbonyl (C=O) groups excluding carboxylic acids is 2. The lowest BCUT2D eigenvalue weighted by Crippen LogP contribution is -2.34. The maximum Gasteiger partial charge on any atom is 0.339 e. The van der Waals surface area contributed by atoms with Crippen molar-refractivity contribution in [3.8, 4) is 5.75 Å². The smallest absolute Gasteiger partial charge is 0.339 e. The van der Waals surface area contributed by atoms with Gasteiger partial charge in [-0.05, 0) is 56.0 Å². The highest BCUT2D eigenvalue weighted by atomic mass is 32.2. The van der Waals surface area contributed by atoms with E-state index in [0.29, 0.717) is 24.2 Å². The molecule has 0 fully saturated rings. The van der Waals surface area contributed by atoms with Crippen LogP contribution in [0.5, 0.6) is 5.75 Å². The van der Waals surface area contributed by atoms with Crippen molar-refractivity contribution in [2.75, 3.05) is 29.9 Å². The van der Waals surface area contributed by atoms with Crippen molar-refractivity contribution in [2.24, 2.45) is 11.8 Å². The van der Waals surface area contributed by atoms with Gasteiger partial charge in [-0.1, -0.05) is 33.8 Å².